The van der Waals surface area contributed by atoms with E-state index in [1.807, 2.05) is 77.9 Å². The third kappa shape index (κ3) is 5.93. The van der Waals surface area contributed by atoms with E-state index in [0.717, 1.165) is 11.3 Å². The molecule has 1 rings (SSSR count). The first kappa shape index (κ1) is 20.7. The third-order valence-corrected chi connectivity index (χ3v) is 3.93. The lowest BCUT2D eigenvalue weighted by Crippen LogP contribution is -2.41. The number of likely N-dealkylation sites (N-methyl/N-ethyl adjacent to an activating group) is 1. The van der Waals surface area contributed by atoms with Gasteiger partial charge in [0.1, 0.15) is 5.70 Å². The van der Waals surface area contributed by atoms with Gasteiger partial charge in [-0.05, 0) is 37.6 Å². The van der Waals surface area contributed by atoms with Crippen LogP contribution in [-0.2, 0) is 9.59 Å². The minimum atomic E-state index is -0.572. The van der Waals surface area contributed by atoms with Crippen molar-refractivity contribution in [2.24, 2.45) is 5.41 Å². The second kappa shape index (κ2) is 8.70. The van der Waals surface area contributed by atoms with Crippen LogP contribution in [0.5, 0.6) is 0 Å². The maximum Gasteiger partial charge on any atom is 0.270 e. The second-order valence-corrected chi connectivity index (χ2v) is 7.23. The number of anilines is 1. The van der Waals surface area contributed by atoms with Gasteiger partial charge in [0.25, 0.3) is 5.91 Å². The summed E-state index contributed by atoms with van der Waals surface area (Å²) in [7, 11) is 3.95. The van der Waals surface area contributed by atoms with Crippen molar-refractivity contribution in [3.05, 3.63) is 35.5 Å². The van der Waals surface area contributed by atoms with Crippen LogP contribution in [0.3, 0.4) is 0 Å². The van der Waals surface area contributed by atoms with Crippen LogP contribution in [0.4, 0.5) is 5.69 Å². The van der Waals surface area contributed by atoms with Crippen LogP contribution in [-0.4, -0.2) is 43.9 Å². The van der Waals surface area contributed by atoms with Crippen LogP contribution in [0.2, 0.25) is 0 Å². The monoisotopic (exact) mass is 345 g/mol. The zero-order valence-corrected chi connectivity index (χ0v) is 16.5. The molecular weight excluding hydrogens is 314 g/mol. The fraction of sp³-hybridized carbons (Fsp3) is 0.500. The van der Waals surface area contributed by atoms with Crippen molar-refractivity contribution < 1.29 is 9.59 Å². The Labute approximate surface area is 151 Å². The summed E-state index contributed by atoms with van der Waals surface area (Å²) in [5, 5.41) is 2.81. The highest BCUT2D eigenvalue weighted by Crippen LogP contribution is 2.17. The number of rotatable bonds is 6. The number of hydrogen-bond acceptors (Lipinski definition) is 3. The predicted octanol–water partition coefficient (Wildman–Crippen LogP) is 3.12. The number of carbonyl (C=O) groups is 2. The number of hydrogen-bond donors (Lipinski definition) is 1. The SMILES string of the molecule is CCN(CC)C(=O)/C(=C\c1ccc(N(C)C)cc1)NC(=O)C(C)(C)C. The molecule has 0 bridgehead atoms. The van der Waals surface area contributed by atoms with Crippen molar-refractivity contribution in [1.82, 2.24) is 10.2 Å². The highest BCUT2D eigenvalue weighted by molar-refractivity contribution is 6.02. The molecule has 0 saturated heterocycles. The Morgan fingerprint density at radius 1 is 1.04 bits per heavy atom. The molecule has 2 amide bonds. The average Bonchev–Trinajstić information content (AvgIpc) is 2.54. The second-order valence-electron chi connectivity index (χ2n) is 7.23. The Hall–Kier alpha value is -2.30. The van der Waals surface area contributed by atoms with Gasteiger partial charge in [0.2, 0.25) is 5.91 Å². The molecule has 0 aliphatic heterocycles. The molecule has 0 aliphatic carbocycles. The van der Waals surface area contributed by atoms with Crippen LogP contribution < -0.4 is 10.2 Å². The number of amides is 2. The van der Waals surface area contributed by atoms with Gasteiger partial charge < -0.3 is 15.1 Å². The summed E-state index contributed by atoms with van der Waals surface area (Å²) in [4.78, 5) is 28.9. The minimum absolute atomic E-state index is 0.167. The lowest BCUT2D eigenvalue weighted by molar-refractivity contribution is -0.132. The molecule has 1 aromatic carbocycles. The summed E-state index contributed by atoms with van der Waals surface area (Å²) >= 11 is 0. The van der Waals surface area contributed by atoms with Gasteiger partial charge in [-0.3, -0.25) is 9.59 Å². The molecule has 0 atom stereocenters. The largest absolute Gasteiger partial charge is 0.378 e. The Balaban J connectivity index is 3.20. The summed E-state index contributed by atoms with van der Waals surface area (Å²) in [6.07, 6.45) is 1.74. The molecule has 5 heteroatoms. The molecular formula is C20H31N3O2. The Morgan fingerprint density at radius 2 is 1.56 bits per heavy atom. The van der Waals surface area contributed by atoms with Gasteiger partial charge in [-0.2, -0.15) is 0 Å². The molecule has 0 aliphatic rings. The summed E-state index contributed by atoms with van der Waals surface area (Å²) in [6.45, 7) is 10.5. The predicted molar refractivity (Wildman–Crippen MR) is 104 cm³/mol. The first-order chi connectivity index (χ1) is 11.6. The van der Waals surface area contributed by atoms with Crippen molar-refractivity contribution in [3.8, 4) is 0 Å². The summed E-state index contributed by atoms with van der Waals surface area (Å²) < 4.78 is 0. The fourth-order valence-corrected chi connectivity index (χ4v) is 2.18. The molecule has 5 nitrogen and oxygen atoms in total. The van der Waals surface area contributed by atoms with E-state index in [1.54, 1.807) is 11.0 Å². The van der Waals surface area contributed by atoms with Crippen LogP contribution in [0.25, 0.3) is 6.08 Å². The molecule has 25 heavy (non-hydrogen) atoms. The summed E-state index contributed by atoms with van der Waals surface area (Å²) in [6, 6.07) is 7.84. The van der Waals surface area contributed by atoms with Gasteiger partial charge >= 0.3 is 0 Å². The van der Waals surface area contributed by atoms with Gasteiger partial charge in [0, 0.05) is 38.3 Å². The zero-order chi connectivity index (χ0) is 19.2. The first-order valence-electron chi connectivity index (χ1n) is 8.70. The first-order valence-corrected chi connectivity index (χ1v) is 8.70. The lowest BCUT2D eigenvalue weighted by atomic mass is 9.95. The highest BCUT2D eigenvalue weighted by Gasteiger charge is 2.25. The summed E-state index contributed by atoms with van der Waals surface area (Å²) in [5.74, 6) is -0.344. The van der Waals surface area contributed by atoms with E-state index in [0.29, 0.717) is 18.8 Å². The minimum Gasteiger partial charge on any atom is -0.378 e. The normalized spacial score (nSPS) is 11.9. The topological polar surface area (TPSA) is 52.7 Å². The van der Waals surface area contributed by atoms with Crippen LogP contribution in [0.15, 0.2) is 30.0 Å². The van der Waals surface area contributed by atoms with E-state index in [4.69, 9.17) is 0 Å². The molecule has 0 aromatic heterocycles. The molecule has 0 saturated carbocycles. The van der Waals surface area contributed by atoms with E-state index >= 15 is 0 Å². The van der Waals surface area contributed by atoms with Gasteiger partial charge in [0.05, 0.1) is 0 Å². The maximum atomic E-state index is 12.8. The maximum absolute atomic E-state index is 12.8. The molecule has 138 valence electrons. The van der Waals surface area contributed by atoms with Crippen LogP contribution in [0.1, 0.15) is 40.2 Å². The quantitative estimate of drug-likeness (QED) is 0.806. The Kier molecular flexibility index (Phi) is 7.22. The van der Waals surface area contributed by atoms with Crippen molar-refractivity contribution in [1.29, 1.82) is 0 Å². The Morgan fingerprint density at radius 3 is 1.96 bits per heavy atom. The van der Waals surface area contributed by atoms with Crippen molar-refractivity contribution in [2.45, 2.75) is 34.6 Å². The molecule has 0 heterocycles. The average molecular weight is 345 g/mol. The number of nitrogens with one attached hydrogen (secondary N) is 1. The van der Waals surface area contributed by atoms with Crippen molar-refractivity contribution >= 4 is 23.6 Å². The van der Waals surface area contributed by atoms with E-state index in [1.165, 1.54) is 0 Å². The molecule has 0 fully saturated rings. The van der Waals surface area contributed by atoms with Crippen molar-refractivity contribution in [2.75, 3.05) is 32.1 Å². The smallest absolute Gasteiger partial charge is 0.270 e. The zero-order valence-electron chi connectivity index (χ0n) is 16.5. The lowest BCUT2D eigenvalue weighted by Gasteiger charge is -2.24. The van der Waals surface area contributed by atoms with Gasteiger partial charge in [-0.25, -0.2) is 0 Å². The number of nitrogens with zero attached hydrogens (tertiary/aromatic N) is 2. The highest BCUT2D eigenvalue weighted by atomic mass is 16.2. The number of benzene rings is 1. The van der Waals surface area contributed by atoms with Crippen LogP contribution >= 0.6 is 0 Å². The molecule has 1 N–H and O–H groups in total. The van der Waals surface area contributed by atoms with E-state index in [2.05, 4.69) is 5.32 Å². The molecule has 0 unspecified atom stereocenters. The van der Waals surface area contributed by atoms with Crippen LogP contribution in [0, 0.1) is 5.41 Å². The van der Waals surface area contributed by atoms with Gasteiger partial charge in [-0.15, -0.1) is 0 Å². The Bertz CT molecular complexity index is 621. The van der Waals surface area contributed by atoms with E-state index in [-0.39, 0.29) is 11.8 Å². The van der Waals surface area contributed by atoms with Crippen molar-refractivity contribution in [3.63, 3.8) is 0 Å². The molecule has 0 spiro atoms. The van der Waals surface area contributed by atoms with E-state index < -0.39 is 5.41 Å². The summed E-state index contributed by atoms with van der Waals surface area (Å²) in [5.41, 5.74) is 1.68. The number of carbonyl (C=O) groups excluding carboxylic acids is 2. The standard InChI is InChI=1S/C20H31N3O2/c1-8-23(9-2)18(24)17(21-19(25)20(3,4)5)14-15-10-12-16(13-11-15)22(6)7/h10-14H,8-9H2,1-7H3,(H,21,25)/b17-14+. The van der Waals surface area contributed by atoms with Gasteiger partial charge in [-0.1, -0.05) is 32.9 Å². The third-order valence-electron chi connectivity index (χ3n) is 3.93. The molecule has 1 aromatic rings. The van der Waals surface area contributed by atoms with E-state index in [9.17, 15) is 9.59 Å². The van der Waals surface area contributed by atoms with Gasteiger partial charge in [0.15, 0.2) is 0 Å². The fourth-order valence-electron chi connectivity index (χ4n) is 2.18. The molecule has 0 radical (unpaired) electrons.